The summed E-state index contributed by atoms with van der Waals surface area (Å²) in [5.74, 6) is -2.54. The molecule has 0 heterocycles. The molecule has 2 unspecified atom stereocenters. The van der Waals surface area contributed by atoms with Crippen molar-refractivity contribution in [2.24, 2.45) is 0 Å². The van der Waals surface area contributed by atoms with Crippen LogP contribution in [0.1, 0.15) is 70.7 Å². The normalized spacial score (nSPS) is 13.8. The van der Waals surface area contributed by atoms with Gasteiger partial charge in [-0.15, -0.1) is 0 Å². The van der Waals surface area contributed by atoms with E-state index in [1.54, 1.807) is 13.8 Å². The molecule has 1 aromatic rings. The van der Waals surface area contributed by atoms with E-state index < -0.39 is 24.1 Å². The molecule has 0 aliphatic heterocycles. The van der Waals surface area contributed by atoms with Gasteiger partial charge in [0.25, 0.3) is 0 Å². The van der Waals surface area contributed by atoms with Crippen LogP contribution in [0, 0.1) is 0 Å². The van der Waals surface area contributed by atoms with Crippen molar-refractivity contribution in [1.29, 1.82) is 0 Å². The molecule has 6 heteroatoms. The fourth-order valence-electron chi connectivity index (χ4n) is 2.14. The fourth-order valence-corrected chi connectivity index (χ4v) is 2.14. The van der Waals surface area contributed by atoms with Crippen LogP contribution in [0.4, 0.5) is 0 Å². The molecule has 0 aliphatic carbocycles. The highest BCUT2D eigenvalue weighted by atomic mass is 16.4. The maximum Gasteiger partial charge on any atom is 0.336 e. The molecule has 0 amide bonds. The molecule has 0 radical (unpaired) electrons. The third-order valence-corrected chi connectivity index (χ3v) is 3.19. The van der Waals surface area contributed by atoms with Crippen molar-refractivity contribution in [3.05, 3.63) is 34.4 Å². The predicted octanol–water partition coefficient (Wildman–Crippen LogP) is 1.97. The first-order valence-electron chi connectivity index (χ1n) is 6.34. The lowest BCUT2D eigenvalue weighted by molar-refractivity contribution is 0.0666. The van der Waals surface area contributed by atoms with Crippen LogP contribution in [0.25, 0.3) is 0 Å². The standard InChI is InChI=1S/C14H18O6/c1-3-9(15)11-7(13(17)18)5-6-8(14(19)20)12(11)10(16)4-2/h5-6,9-10,15-16H,3-4H2,1-2H3,(H,17,18)(H,19,20). The van der Waals surface area contributed by atoms with Crippen LogP contribution in [-0.2, 0) is 0 Å². The van der Waals surface area contributed by atoms with Gasteiger partial charge in [-0.1, -0.05) is 13.8 Å². The number of aliphatic hydroxyl groups is 2. The van der Waals surface area contributed by atoms with Crippen LogP contribution in [-0.4, -0.2) is 32.4 Å². The monoisotopic (exact) mass is 282 g/mol. The summed E-state index contributed by atoms with van der Waals surface area (Å²) in [6, 6.07) is 2.29. The molecule has 0 saturated heterocycles. The van der Waals surface area contributed by atoms with Crippen LogP contribution < -0.4 is 0 Å². The largest absolute Gasteiger partial charge is 0.478 e. The lowest BCUT2D eigenvalue weighted by Gasteiger charge is -2.22. The van der Waals surface area contributed by atoms with Crippen molar-refractivity contribution in [3.8, 4) is 0 Å². The Labute approximate surface area is 116 Å². The van der Waals surface area contributed by atoms with Gasteiger partial charge in [0.05, 0.1) is 23.3 Å². The molecule has 1 rings (SSSR count). The zero-order valence-corrected chi connectivity index (χ0v) is 11.3. The first kappa shape index (κ1) is 16.1. The fraction of sp³-hybridized carbons (Fsp3) is 0.429. The van der Waals surface area contributed by atoms with Gasteiger partial charge in [0.2, 0.25) is 0 Å². The molecule has 4 N–H and O–H groups in total. The van der Waals surface area contributed by atoms with E-state index in [0.717, 1.165) is 12.1 Å². The second kappa shape index (κ2) is 6.49. The minimum Gasteiger partial charge on any atom is -0.478 e. The Kier molecular flexibility index (Phi) is 5.24. The van der Waals surface area contributed by atoms with Crippen LogP contribution >= 0.6 is 0 Å². The highest BCUT2D eigenvalue weighted by molar-refractivity contribution is 5.95. The minimum absolute atomic E-state index is 0.0192. The van der Waals surface area contributed by atoms with Crippen LogP contribution in [0.5, 0.6) is 0 Å². The lowest BCUT2D eigenvalue weighted by atomic mass is 9.87. The van der Waals surface area contributed by atoms with E-state index in [2.05, 4.69) is 0 Å². The van der Waals surface area contributed by atoms with Crippen molar-refractivity contribution >= 4 is 11.9 Å². The molecule has 1 aromatic carbocycles. The van der Waals surface area contributed by atoms with E-state index in [1.807, 2.05) is 0 Å². The van der Waals surface area contributed by atoms with Gasteiger partial charge in [0.1, 0.15) is 0 Å². The maximum absolute atomic E-state index is 11.2. The SMILES string of the molecule is CCC(O)c1c(C(=O)O)ccc(C(=O)O)c1C(O)CC. The Balaban J connectivity index is 3.72. The number of carboxylic acids is 2. The number of hydrogen-bond acceptors (Lipinski definition) is 4. The second-order valence-electron chi connectivity index (χ2n) is 4.45. The molecular formula is C14H18O6. The van der Waals surface area contributed by atoms with Gasteiger partial charge < -0.3 is 20.4 Å². The smallest absolute Gasteiger partial charge is 0.336 e. The third kappa shape index (κ3) is 2.97. The van der Waals surface area contributed by atoms with E-state index in [1.165, 1.54) is 0 Å². The van der Waals surface area contributed by atoms with Crippen LogP contribution in [0.3, 0.4) is 0 Å². The number of aliphatic hydroxyl groups excluding tert-OH is 2. The summed E-state index contributed by atoms with van der Waals surface area (Å²) in [6.45, 7) is 3.29. The number of benzene rings is 1. The molecule has 0 spiro atoms. The van der Waals surface area contributed by atoms with Crippen molar-refractivity contribution in [2.75, 3.05) is 0 Å². The zero-order valence-electron chi connectivity index (χ0n) is 11.3. The molecule has 110 valence electrons. The van der Waals surface area contributed by atoms with Gasteiger partial charge in [-0.25, -0.2) is 9.59 Å². The highest BCUT2D eigenvalue weighted by Crippen LogP contribution is 2.33. The van der Waals surface area contributed by atoms with E-state index in [9.17, 15) is 30.0 Å². The Morgan fingerprint density at radius 2 is 1.20 bits per heavy atom. The van der Waals surface area contributed by atoms with Gasteiger partial charge in [0.15, 0.2) is 0 Å². The maximum atomic E-state index is 11.2. The third-order valence-electron chi connectivity index (χ3n) is 3.19. The lowest BCUT2D eigenvalue weighted by Crippen LogP contribution is -2.17. The summed E-state index contributed by atoms with van der Waals surface area (Å²) >= 11 is 0. The number of aromatic carboxylic acids is 2. The van der Waals surface area contributed by atoms with Gasteiger partial charge in [-0.2, -0.15) is 0 Å². The summed E-state index contributed by atoms with van der Waals surface area (Å²) in [4.78, 5) is 22.5. The summed E-state index contributed by atoms with van der Waals surface area (Å²) in [5.41, 5.74) is -0.415. The quantitative estimate of drug-likeness (QED) is 0.634. The zero-order chi connectivity index (χ0) is 15.4. The van der Waals surface area contributed by atoms with Gasteiger partial charge in [0, 0.05) is 11.1 Å². The molecule has 0 aromatic heterocycles. The summed E-state index contributed by atoms with van der Waals surface area (Å²) in [6.07, 6.45) is -1.85. The average Bonchev–Trinajstić information content (AvgIpc) is 2.43. The van der Waals surface area contributed by atoms with Gasteiger partial charge in [-0.05, 0) is 25.0 Å². The van der Waals surface area contributed by atoms with Crippen molar-refractivity contribution in [2.45, 2.75) is 38.9 Å². The van der Waals surface area contributed by atoms with E-state index >= 15 is 0 Å². The highest BCUT2D eigenvalue weighted by Gasteiger charge is 2.27. The van der Waals surface area contributed by atoms with E-state index in [-0.39, 0.29) is 35.1 Å². The summed E-state index contributed by atoms with van der Waals surface area (Å²) < 4.78 is 0. The van der Waals surface area contributed by atoms with Gasteiger partial charge >= 0.3 is 11.9 Å². The summed E-state index contributed by atoms with van der Waals surface area (Å²) in [7, 11) is 0. The number of rotatable bonds is 6. The predicted molar refractivity (Wildman–Crippen MR) is 70.9 cm³/mol. The van der Waals surface area contributed by atoms with E-state index in [4.69, 9.17) is 0 Å². The number of carboxylic acid groups (broad SMARTS) is 2. The topological polar surface area (TPSA) is 115 Å². The molecule has 2 atom stereocenters. The average molecular weight is 282 g/mol. The molecular weight excluding hydrogens is 264 g/mol. The summed E-state index contributed by atoms with van der Waals surface area (Å²) in [5, 5.41) is 38.4. The Morgan fingerprint density at radius 3 is 1.40 bits per heavy atom. The Bertz CT molecular complexity index is 476. The van der Waals surface area contributed by atoms with E-state index in [0.29, 0.717) is 0 Å². The van der Waals surface area contributed by atoms with Crippen molar-refractivity contribution in [1.82, 2.24) is 0 Å². The van der Waals surface area contributed by atoms with Crippen LogP contribution in [0.15, 0.2) is 12.1 Å². The second-order valence-corrected chi connectivity index (χ2v) is 4.45. The van der Waals surface area contributed by atoms with Crippen molar-refractivity contribution < 1.29 is 30.0 Å². The minimum atomic E-state index is -1.27. The molecule has 0 aliphatic rings. The van der Waals surface area contributed by atoms with Crippen molar-refractivity contribution in [3.63, 3.8) is 0 Å². The Morgan fingerprint density at radius 1 is 0.900 bits per heavy atom. The van der Waals surface area contributed by atoms with Crippen LogP contribution in [0.2, 0.25) is 0 Å². The molecule has 20 heavy (non-hydrogen) atoms. The van der Waals surface area contributed by atoms with Gasteiger partial charge in [-0.3, -0.25) is 0 Å². The number of carbonyl (C=O) groups is 2. The number of hydrogen-bond donors (Lipinski definition) is 4. The first-order valence-corrected chi connectivity index (χ1v) is 6.34. The molecule has 0 fully saturated rings. The Hall–Kier alpha value is -1.92. The molecule has 6 nitrogen and oxygen atoms in total. The molecule has 0 bridgehead atoms. The first-order chi connectivity index (χ1) is 9.34. The molecule has 0 saturated carbocycles.